The number of hydrogen-bond donors (Lipinski definition) is 1. The molecular weight excluding hydrogens is 240 g/mol. The molecule has 0 aromatic carbocycles. The lowest BCUT2D eigenvalue weighted by molar-refractivity contribution is -0.0351. The number of ether oxygens (including phenoxy) is 2. The molecule has 0 amide bonds. The maximum atomic E-state index is 5.96. The van der Waals surface area contributed by atoms with Crippen molar-refractivity contribution in [2.45, 2.75) is 39.8 Å². The predicted molar refractivity (Wildman–Crippen MR) is 77.5 cm³/mol. The van der Waals surface area contributed by atoms with E-state index < -0.39 is 0 Å². The fraction of sp³-hybridized carbons (Fsp3) is 0.667. The summed E-state index contributed by atoms with van der Waals surface area (Å²) in [6.45, 7) is 9.27. The van der Waals surface area contributed by atoms with E-state index >= 15 is 0 Å². The Morgan fingerprint density at radius 1 is 1.32 bits per heavy atom. The average Bonchev–Trinajstić information content (AvgIpc) is 2.38. The Bertz CT molecular complexity index is 388. The first-order valence-corrected chi connectivity index (χ1v) is 6.71. The van der Waals surface area contributed by atoms with E-state index in [1.807, 2.05) is 26.2 Å². The maximum Gasteiger partial charge on any atom is 0.137 e. The van der Waals surface area contributed by atoms with Gasteiger partial charge in [-0.2, -0.15) is 0 Å². The van der Waals surface area contributed by atoms with Gasteiger partial charge in [0, 0.05) is 12.8 Å². The van der Waals surface area contributed by atoms with Crippen LogP contribution in [0.25, 0.3) is 0 Å². The lowest BCUT2D eigenvalue weighted by Crippen LogP contribution is -2.41. The zero-order valence-corrected chi connectivity index (χ0v) is 12.9. The van der Waals surface area contributed by atoms with Gasteiger partial charge in [-0.1, -0.05) is 20.8 Å². The van der Waals surface area contributed by atoms with Gasteiger partial charge >= 0.3 is 0 Å². The van der Waals surface area contributed by atoms with E-state index in [4.69, 9.17) is 9.47 Å². The summed E-state index contributed by atoms with van der Waals surface area (Å²) < 4.78 is 11.2. The molecule has 108 valence electrons. The number of nitrogens with one attached hydrogen (secondary N) is 1. The Kier molecular flexibility index (Phi) is 5.76. The minimum atomic E-state index is 0.0345. The van der Waals surface area contributed by atoms with Crippen molar-refractivity contribution in [3.63, 3.8) is 0 Å². The second-order valence-corrected chi connectivity index (χ2v) is 5.67. The van der Waals surface area contributed by atoms with Crippen LogP contribution in [0.1, 0.15) is 39.3 Å². The molecule has 0 aliphatic carbocycles. The van der Waals surface area contributed by atoms with Crippen LogP contribution in [0.4, 0.5) is 0 Å². The quantitative estimate of drug-likeness (QED) is 0.860. The lowest BCUT2D eigenvalue weighted by Gasteiger charge is -2.36. The largest absolute Gasteiger partial charge is 0.495 e. The first-order chi connectivity index (χ1) is 8.93. The number of nitrogens with zero attached hydrogens (tertiary/aromatic N) is 1. The number of hydrogen-bond acceptors (Lipinski definition) is 4. The van der Waals surface area contributed by atoms with Crippen LogP contribution in [0.2, 0.25) is 0 Å². The smallest absolute Gasteiger partial charge is 0.137 e. The monoisotopic (exact) mass is 266 g/mol. The van der Waals surface area contributed by atoms with Gasteiger partial charge in [-0.15, -0.1) is 0 Å². The summed E-state index contributed by atoms with van der Waals surface area (Å²) in [6.07, 6.45) is 3.64. The van der Waals surface area contributed by atoms with Crippen molar-refractivity contribution in [2.75, 3.05) is 20.8 Å². The highest BCUT2D eigenvalue weighted by Crippen LogP contribution is 2.33. The summed E-state index contributed by atoms with van der Waals surface area (Å²) in [6, 6.07) is 2.09. The molecule has 2 unspecified atom stereocenters. The maximum absolute atomic E-state index is 5.96. The Morgan fingerprint density at radius 2 is 2.00 bits per heavy atom. The van der Waals surface area contributed by atoms with Gasteiger partial charge in [0.2, 0.25) is 0 Å². The molecule has 0 fully saturated rings. The summed E-state index contributed by atoms with van der Waals surface area (Å²) in [5.74, 6) is 0.766. The van der Waals surface area contributed by atoms with Crippen LogP contribution in [0.15, 0.2) is 18.5 Å². The Morgan fingerprint density at radius 3 is 2.47 bits per heavy atom. The fourth-order valence-corrected chi connectivity index (χ4v) is 2.24. The zero-order chi connectivity index (χ0) is 14.5. The number of likely N-dealkylation sites (N-methyl/N-ethyl adjacent to an activating group) is 1. The average molecular weight is 266 g/mol. The van der Waals surface area contributed by atoms with Gasteiger partial charge in [-0.05, 0) is 31.0 Å². The third kappa shape index (κ3) is 4.18. The van der Waals surface area contributed by atoms with Gasteiger partial charge < -0.3 is 14.8 Å². The predicted octanol–water partition coefficient (Wildman–Crippen LogP) is 2.80. The molecule has 1 rings (SSSR count). The number of aromatic nitrogens is 1. The van der Waals surface area contributed by atoms with E-state index in [9.17, 15) is 0 Å². The molecule has 0 saturated carbocycles. The molecule has 0 aliphatic heterocycles. The second-order valence-electron chi connectivity index (χ2n) is 5.67. The highest BCUT2D eigenvalue weighted by atomic mass is 16.5. The van der Waals surface area contributed by atoms with Crippen LogP contribution < -0.4 is 10.1 Å². The minimum absolute atomic E-state index is 0.0345. The van der Waals surface area contributed by atoms with Gasteiger partial charge in [0.05, 0.1) is 25.5 Å². The molecule has 1 aromatic heterocycles. The molecule has 1 N–H and O–H groups in total. The van der Waals surface area contributed by atoms with Gasteiger partial charge in [-0.25, -0.2) is 0 Å². The van der Waals surface area contributed by atoms with Crippen LogP contribution >= 0.6 is 0 Å². The van der Waals surface area contributed by atoms with Crippen molar-refractivity contribution < 1.29 is 9.47 Å². The first-order valence-electron chi connectivity index (χ1n) is 6.71. The summed E-state index contributed by atoms with van der Waals surface area (Å²) in [4.78, 5) is 4.23. The van der Waals surface area contributed by atoms with Crippen LogP contribution in [0.5, 0.6) is 5.75 Å². The second kappa shape index (κ2) is 6.87. The van der Waals surface area contributed by atoms with Crippen molar-refractivity contribution in [3.05, 3.63) is 24.0 Å². The Balaban J connectivity index is 3.08. The van der Waals surface area contributed by atoms with Crippen LogP contribution in [-0.2, 0) is 4.74 Å². The first kappa shape index (κ1) is 15.9. The van der Waals surface area contributed by atoms with Crippen molar-refractivity contribution in [1.82, 2.24) is 10.3 Å². The third-order valence-corrected chi connectivity index (χ3v) is 3.14. The normalized spacial score (nSPS) is 15.1. The Hall–Kier alpha value is -1.13. The SMILES string of the molecule is CCOC(C(NC)c1cncc(OC)c1)C(C)(C)C. The van der Waals surface area contributed by atoms with E-state index in [1.165, 1.54) is 0 Å². The molecule has 4 heteroatoms. The number of methoxy groups -OCH3 is 1. The minimum Gasteiger partial charge on any atom is -0.495 e. The summed E-state index contributed by atoms with van der Waals surface area (Å²) in [5.41, 5.74) is 1.11. The molecular formula is C15H26N2O2. The fourth-order valence-electron chi connectivity index (χ4n) is 2.24. The lowest BCUT2D eigenvalue weighted by atomic mass is 9.82. The molecule has 4 nitrogen and oxygen atoms in total. The zero-order valence-electron chi connectivity index (χ0n) is 12.9. The molecule has 1 heterocycles. The van der Waals surface area contributed by atoms with Crippen LogP contribution in [0.3, 0.4) is 0 Å². The topological polar surface area (TPSA) is 43.4 Å². The molecule has 0 radical (unpaired) electrons. The molecule has 2 atom stereocenters. The van der Waals surface area contributed by atoms with Gasteiger partial charge in [0.1, 0.15) is 5.75 Å². The Labute approximate surface area is 116 Å². The highest BCUT2D eigenvalue weighted by Gasteiger charge is 2.33. The van der Waals surface area contributed by atoms with Gasteiger partial charge in [-0.3, -0.25) is 4.98 Å². The standard InChI is InChI=1S/C15H26N2O2/c1-7-19-14(15(2,3)4)13(16-5)11-8-12(18-6)10-17-9-11/h8-10,13-14,16H,7H2,1-6H3. The molecule has 0 bridgehead atoms. The van der Waals surface area contributed by atoms with E-state index in [2.05, 4.69) is 31.1 Å². The van der Waals surface area contributed by atoms with Gasteiger partial charge in [0.15, 0.2) is 0 Å². The molecule has 0 spiro atoms. The highest BCUT2D eigenvalue weighted by molar-refractivity contribution is 5.27. The van der Waals surface area contributed by atoms with Crippen molar-refractivity contribution in [3.8, 4) is 5.75 Å². The summed E-state index contributed by atoms with van der Waals surface area (Å²) in [7, 11) is 3.60. The summed E-state index contributed by atoms with van der Waals surface area (Å²) >= 11 is 0. The van der Waals surface area contributed by atoms with E-state index in [1.54, 1.807) is 13.3 Å². The van der Waals surface area contributed by atoms with Crippen LogP contribution in [0, 0.1) is 5.41 Å². The molecule has 0 saturated heterocycles. The number of rotatable bonds is 6. The van der Waals surface area contributed by atoms with Crippen LogP contribution in [-0.4, -0.2) is 31.9 Å². The van der Waals surface area contributed by atoms with E-state index in [0.29, 0.717) is 6.61 Å². The molecule has 19 heavy (non-hydrogen) atoms. The van der Waals surface area contributed by atoms with Crippen molar-refractivity contribution in [2.24, 2.45) is 5.41 Å². The van der Waals surface area contributed by atoms with E-state index in [0.717, 1.165) is 11.3 Å². The number of pyridine rings is 1. The summed E-state index contributed by atoms with van der Waals surface area (Å²) in [5, 5.41) is 3.34. The van der Waals surface area contributed by atoms with Crippen molar-refractivity contribution >= 4 is 0 Å². The third-order valence-electron chi connectivity index (χ3n) is 3.14. The molecule has 0 aliphatic rings. The van der Waals surface area contributed by atoms with Gasteiger partial charge in [0.25, 0.3) is 0 Å². The van der Waals surface area contributed by atoms with E-state index in [-0.39, 0.29) is 17.6 Å². The van der Waals surface area contributed by atoms with Crippen molar-refractivity contribution in [1.29, 1.82) is 0 Å². The molecule has 1 aromatic rings.